The number of carbonyl (C=O) groups is 2. The molecule has 2 aliphatic heterocycles. The molecule has 0 atom stereocenters. The van der Waals surface area contributed by atoms with Crippen molar-refractivity contribution in [3.05, 3.63) is 113 Å². The number of rotatable bonds is 49. The van der Waals surface area contributed by atoms with Crippen LogP contribution in [0.1, 0.15) is 119 Å². The van der Waals surface area contributed by atoms with Gasteiger partial charge in [0.15, 0.2) is 28.7 Å². The third-order valence-corrected chi connectivity index (χ3v) is 28.6. The van der Waals surface area contributed by atoms with E-state index in [1.165, 1.54) is 14.2 Å². The molecule has 2 aliphatic carbocycles. The number of aromatic nitrogens is 8. The van der Waals surface area contributed by atoms with Crippen molar-refractivity contribution < 1.29 is 71.2 Å². The van der Waals surface area contributed by atoms with E-state index in [1.807, 2.05) is 77.4 Å². The second kappa shape index (κ2) is 45.5. The predicted molar refractivity (Wildman–Crippen MR) is 478 cm³/mol. The van der Waals surface area contributed by atoms with E-state index in [0.29, 0.717) is 135 Å². The Morgan fingerprint density at radius 2 is 0.897 bits per heavy atom. The Morgan fingerprint density at radius 1 is 0.513 bits per heavy atom. The minimum atomic E-state index is -1.37. The molecule has 0 amide bonds. The fraction of sp³-hybridized carbons (Fsp3) is 0.624. The first-order chi connectivity index (χ1) is 55.4. The number of hydrogen-bond donors (Lipinski definition) is 0. The largest absolute Gasteiger partial charge is 0.494 e. The molecule has 0 N–H and O–H groups in total. The number of anilines is 2. The number of Topliss-reactive ketones (excluding diaryl/α,β-unsaturated/α-hetero) is 2. The van der Waals surface area contributed by atoms with Crippen molar-refractivity contribution >= 4 is 99.9 Å². The number of allylic oxidation sites excluding steroid dienone is 2. The monoisotopic (exact) mass is 1750 g/mol. The molecule has 32 heteroatoms. The van der Waals surface area contributed by atoms with E-state index in [9.17, 15) is 9.59 Å². The van der Waals surface area contributed by atoms with Crippen LogP contribution in [0.2, 0.25) is 103 Å². The minimum Gasteiger partial charge on any atom is -0.494 e. The van der Waals surface area contributed by atoms with Gasteiger partial charge in [0.25, 0.3) is 0 Å². The lowest BCUT2D eigenvalue weighted by Gasteiger charge is -2.39. The summed E-state index contributed by atoms with van der Waals surface area (Å²) in [5, 5.41) is 9.96. The van der Waals surface area contributed by atoms with Gasteiger partial charge in [-0.05, 0) is 111 Å². The summed E-state index contributed by atoms with van der Waals surface area (Å²) in [6.07, 6.45) is 21.2. The molecule has 4 aliphatic rings. The Bertz CT molecular complexity index is 4230. The van der Waals surface area contributed by atoms with E-state index in [1.54, 1.807) is 14.2 Å². The van der Waals surface area contributed by atoms with Crippen molar-refractivity contribution in [3.63, 3.8) is 0 Å². The third kappa shape index (κ3) is 27.6. The van der Waals surface area contributed by atoms with Gasteiger partial charge in [0.05, 0.1) is 89.7 Å². The summed E-state index contributed by atoms with van der Waals surface area (Å²) in [4.78, 5) is 61.1. The van der Waals surface area contributed by atoms with E-state index >= 15 is 0 Å². The van der Waals surface area contributed by atoms with Gasteiger partial charge in [0.1, 0.15) is 76.5 Å². The zero-order valence-corrected chi connectivity index (χ0v) is 77.7. The first-order valence-corrected chi connectivity index (χ1v) is 56.5. The second-order valence-electron chi connectivity index (χ2n) is 35.0. The lowest BCUT2D eigenvalue weighted by Crippen LogP contribution is -2.47. The lowest BCUT2D eigenvalue weighted by atomic mass is 9.74. The Labute approximate surface area is 707 Å². The summed E-state index contributed by atoms with van der Waals surface area (Å²) in [5.41, 5.74) is 8.87. The Balaban J connectivity index is 0.000000290. The zero-order valence-electron chi connectivity index (χ0n) is 72.1. The van der Waals surface area contributed by atoms with Gasteiger partial charge < -0.3 is 71.4 Å². The second-order valence-corrected chi connectivity index (χ2v) is 58.3. The number of ether oxygens (including phenoxy) is 13. The number of hydrogen-bond acceptors (Lipinski definition) is 25. The van der Waals surface area contributed by atoms with Crippen molar-refractivity contribution in [3.8, 4) is 22.3 Å². The van der Waals surface area contributed by atoms with Crippen molar-refractivity contribution in [2.45, 2.75) is 204 Å². The SMILES string of the molecule is C.C=C(OCC)c1c(C2CCC(OCCOC)(C(=O)COCOC)CC2)nc2c(-c3ccc(C4=NC=CC4)nc3)cnn2c1N(COCC[Si](C)(C)C)COCC[Si](C)(C)C.COCCOC1(C(=O)COCOC)CCC(c2nc3c(-c4ccc(C5=NC=CC5)nc4)cnn3c(N(COCC[Si](C)(C)C)COCC[Si](C)(C)C)c2Br)CC1. The van der Waals surface area contributed by atoms with Gasteiger partial charge >= 0.3 is 0 Å². The molecule has 0 spiro atoms. The number of pyridine rings is 2. The molecule has 646 valence electrons. The molecular formula is C85H133BrN12O15Si4. The van der Waals surface area contributed by atoms with E-state index < -0.39 is 43.5 Å². The highest BCUT2D eigenvalue weighted by molar-refractivity contribution is 9.10. The Kier molecular flexibility index (Phi) is 37.4. The molecule has 27 nitrogen and oxygen atoms in total. The van der Waals surface area contributed by atoms with Crippen LogP contribution in [0, 0.1) is 0 Å². The summed E-state index contributed by atoms with van der Waals surface area (Å²) in [6, 6.07) is 12.3. The smallest absolute Gasteiger partial charge is 0.190 e. The maximum absolute atomic E-state index is 13.8. The molecule has 0 unspecified atom stereocenters. The van der Waals surface area contributed by atoms with Gasteiger partial charge in [-0.1, -0.05) is 117 Å². The molecule has 10 rings (SSSR count). The van der Waals surface area contributed by atoms with Crippen molar-refractivity contribution in [2.24, 2.45) is 9.98 Å². The van der Waals surface area contributed by atoms with E-state index in [4.69, 9.17) is 91.7 Å². The molecule has 0 radical (unpaired) electrons. The first kappa shape index (κ1) is 96.2. The molecule has 8 heterocycles. The van der Waals surface area contributed by atoms with Crippen LogP contribution < -0.4 is 9.80 Å². The molecule has 0 aromatic carbocycles. The number of fused-ring (bicyclic) bond motifs is 2. The molecule has 0 saturated heterocycles. The normalized spacial score (nSPS) is 18.4. The van der Waals surface area contributed by atoms with Gasteiger partial charge in [-0.3, -0.25) is 29.5 Å². The van der Waals surface area contributed by atoms with Crippen LogP contribution in [-0.2, 0) is 71.2 Å². The third-order valence-electron chi connectivity index (χ3n) is 21.0. The number of carbonyl (C=O) groups excluding carboxylic acids is 2. The minimum absolute atomic E-state index is 0. The van der Waals surface area contributed by atoms with Crippen molar-refractivity contribution in [2.75, 3.05) is 151 Å². The average Bonchev–Trinajstić information content (AvgIpc) is 1.67. The van der Waals surface area contributed by atoms with Crippen LogP contribution in [0.3, 0.4) is 0 Å². The zero-order chi connectivity index (χ0) is 83.7. The molecule has 117 heavy (non-hydrogen) atoms. The number of nitrogens with zero attached hydrogens (tertiary/aromatic N) is 12. The Hall–Kier alpha value is -6.29. The molecule has 6 aromatic heterocycles. The summed E-state index contributed by atoms with van der Waals surface area (Å²) in [5.74, 6) is 1.78. The topological polar surface area (TPSA) is 271 Å². The number of methoxy groups -OCH3 is 4. The number of ketones is 2. The van der Waals surface area contributed by atoms with Crippen LogP contribution in [0.25, 0.3) is 39.3 Å². The Morgan fingerprint density at radius 3 is 1.25 bits per heavy atom. The highest BCUT2D eigenvalue weighted by Crippen LogP contribution is 2.48. The lowest BCUT2D eigenvalue weighted by molar-refractivity contribution is -0.160. The maximum atomic E-state index is 13.8. The van der Waals surface area contributed by atoms with Gasteiger partial charge in [-0.15, -0.1) is 0 Å². The summed E-state index contributed by atoms with van der Waals surface area (Å²) in [7, 11) is 0.963. The highest BCUT2D eigenvalue weighted by Gasteiger charge is 2.46. The summed E-state index contributed by atoms with van der Waals surface area (Å²) >= 11 is 4.04. The average molecular weight is 1760 g/mol. The molecule has 0 bridgehead atoms. The quantitative estimate of drug-likeness (QED) is 0.0149. The van der Waals surface area contributed by atoms with Crippen LogP contribution >= 0.6 is 15.9 Å². The molecular weight excluding hydrogens is 1620 g/mol. The fourth-order valence-corrected chi connectivity index (χ4v) is 18.0. The van der Waals surface area contributed by atoms with Gasteiger partial charge in [-0.25, -0.2) is 9.97 Å². The molecule has 2 saturated carbocycles. The fourth-order valence-electron chi connectivity index (χ4n) is 14.1. The van der Waals surface area contributed by atoms with Crippen molar-refractivity contribution in [1.82, 2.24) is 39.2 Å². The summed E-state index contributed by atoms with van der Waals surface area (Å²) < 4.78 is 81.1. The van der Waals surface area contributed by atoms with Gasteiger partial charge in [0, 0.05) is 159 Å². The van der Waals surface area contributed by atoms with Crippen LogP contribution in [0.15, 0.2) is 94.6 Å². The highest BCUT2D eigenvalue weighted by atomic mass is 79.9. The van der Waals surface area contributed by atoms with Crippen LogP contribution in [0.5, 0.6) is 0 Å². The van der Waals surface area contributed by atoms with E-state index in [0.717, 1.165) is 115 Å². The molecule has 2 fully saturated rings. The maximum Gasteiger partial charge on any atom is 0.190 e. The molecule has 6 aromatic rings. The van der Waals surface area contributed by atoms with Crippen LogP contribution in [0.4, 0.5) is 11.6 Å². The number of halogens is 1. The van der Waals surface area contributed by atoms with E-state index in [2.05, 4.69) is 133 Å². The van der Waals surface area contributed by atoms with Crippen molar-refractivity contribution in [1.29, 1.82) is 0 Å². The first-order valence-electron chi connectivity index (χ1n) is 40.9. The standard InChI is InChI=1S/C44H68N6O8Si2.C40H61BrN6O7Si2.CH4/c1-11-57-33(2)40-41(34-16-18-44(19-17-34,58-22-21-52-3)39(51)29-56-32-53-4)48-42-36(35-14-15-38(46-27-35)37-13-12-20-45-37)28-47-50(42)43(40)49(30-54-23-25-59(5,6)7)31-55-24-26-60(8,9)10;1-49-18-19-54-40(35(48)26-53-29-50-2)15-13-30(14-16-40)37-36(41)39(46(27-51-20-22-55(3,4)5)28-52-21-23-56(6,7)8)47-38(45-37)32(25-44-47)31-11-12-34(43-24-31)33-10-9-17-42-33;/h12,14-15,20,27-28,34H,2,11,13,16-19,21-26,29-32H2,1,3-10H3;9,11-12,17,24-25,30H,10,13-16,18-23,26-29H2,1-8H3;1H4. The van der Waals surface area contributed by atoms with Gasteiger partial charge in [-0.2, -0.15) is 19.2 Å². The number of aliphatic imine (C=N–C) groups is 2. The summed E-state index contributed by atoms with van der Waals surface area (Å²) in [6.45, 7) is 40.1. The van der Waals surface area contributed by atoms with Crippen LogP contribution in [-0.4, -0.2) is 247 Å². The van der Waals surface area contributed by atoms with E-state index in [-0.39, 0.29) is 77.7 Å². The predicted octanol–water partition coefficient (Wildman–Crippen LogP) is 16.8. The van der Waals surface area contributed by atoms with Gasteiger partial charge in [0.2, 0.25) is 0 Å².